The lowest BCUT2D eigenvalue weighted by Crippen LogP contribution is -2.54. The number of alkyl halides is 1. The summed E-state index contributed by atoms with van der Waals surface area (Å²) in [7, 11) is 0. The molecule has 4 nitrogen and oxygen atoms in total. The fourth-order valence-electron chi connectivity index (χ4n) is 3.40. The Morgan fingerprint density at radius 3 is 2.15 bits per heavy atom. The number of hydrogen-bond acceptors (Lipinski definition) is 4. The summed E-state index contributed by atoms with van der Waals surface area (Å²) in [4.78, 5) is 17.1. The number of carbonyl (C=O) groups excluding carboxylic acids is 1. The third-order valence-corrected chi connectivity index (χ3v) is 5.24. The van der Waals surface area contributed by atoms with Crippen LogP contribution in [-0.2, 0) is 9.53 Å². The van der Waals surface area contributed by atoms with Crippen LogP contribution in [0, 0.1) is 0 Å². The number of nitrogens with zero attached hydrogens (tertiary/aromatic N) is 2. The van der Waals surface area contributed by atoms with Crippen LogP contribution in [0.4, 0.5) is 5.69 Å². The second kappa shape index (κ2) is 9.06. The molecule has 2 atom stereocenters. The van der Waals surface area contributed by atoms with Gasteiger partial charge in [-0.1, -0.05) is 48.5 Å². The first-order chi connectivity index (χ1) is 12.7. The molecule has 0 unspecified atom stereocenters. The summed E-state index contributed by atoms with van der Waals surface area (Å²) in [6.07, 6.45) is 0. The van der Waals surface area contributed by atoms with Crippen LogP contribution in [0.15, 0.2) is 60.7 Å². The van der Waals surface area contributed by atoms with Crippen molar-refractivity contribution in [1.29, 1.82) is 0 Å². The summed E-state index contributed by atoms with van der Waals surface area (Å²) >= 11 is 6.73. The number of halogens is 1. The number of para-hydroxylation sites is 1. The molecule has 0 aromatic heterocycles. The molecule has 0 N–H and O–H groups in total. The maximum absolute atomic E-state index is 12.6. The lowest BCUT2D eigenvalue weighted by Gasteiger charge is -2.40. The van der Waals surface area contributed by atoms with Crippen molar-refractivity contribution in [3.8, 4) is 0 Å². The zero-order chi connectivity index (χ0) is 18.4. The van der Waals surface area contributed by atoms with E-state index in [1.165, 1.54) is 5.69 Å². The first-order valence-corrected chi connectivity index (χ1v) is 9.54. The topological polar surface area (TPSA) is 32.8 Å². The zero-order valence-corrected chi connectivity index (χ0v) is 15.8. The highest BCUT2D eigenvalue weighted by molar-refractivity contribution is 6.22. The molecule has 0 bridgehead atoms. The number of anilines is 1. The second-order valence-electron chi connectivity index (χ2n) is 6.37. The maximum Gasteiger partial charge on any atom is 0.325 e. The summed E-state index contributed by atoms with van der Waals surface area (Å²) in [5.41, 5.74) is 2.16. The van der Waals surface area contributed by atoms with Gasteiger partial charge in [0.05, 0.1) is 12.0 Å². The standard InChI is InChI=1S/C21H25ClN2O2/c1-2-26-21(25)20(19(22)17-9-5-3-6-10-17)24-15-13-23(14-16-24)18-11-7-4-8-12-18/h3-12,19-20H,2,13-16H2,1H3/t19-,20-/m0/s1. The average Bonchev–Trinajstić information content (AvgIpc) is 2.70. The van der Waals surface area contributed by atoms with E-state index in [0.717, 1.165) is 31.7 Å². The summed E-state index contributed by atoms with van der Waals surface area (Å²) in [5, 5.41) is -0.432. The lowest BCUT2D eigenvalue weighted by molar-refractivity contribution is -0.149. The van der Waals surface area contributed by atoms with Gasteiger partial charge in [0, 0.05) is 31.9 Å². The van der Waals surface area contributed by atoms with Gasteiger partial charge in [-0.3, -0.25) is 9.69 Å². The fourth-order valence-corrected chi connectivity index (χ4v) is 3.81. The Morgan fingerprint density at radius 2 is 1.58 bits per heavy atom. The number of carbonyl (C=O) groups is 1. The molecule has 26 heavy (non-hydrogen) atoms. The van der Waals surface area contributed by atoms with E-state index in [-0.39, 0.29) is 5.97 Å². The van der Waals surface area contributed by atoms with Crippen LogP contribution in [0.5, 0.6) is 0 Å². The molecule has 1 aliphatic rings. The molecule has 0 amide bonds. The normalized spacial score (nSPS) is 17.5. The van der Waals surface area contributed by atoms with Crippen LogP contribution in [-0.4, -0.2) is 49.7 Å². The fraction of sp³-hybridized carbons (Fsp3) is 0.381. The van der Waals surface area contributed by atoms with Crippen molar-refractivity contribution in [3.05, 3.63) is 66.2 Å². The predicted molar refractivity (Wildman–Crippen MR) is 106 cm³/mol. The van der Waals surface area contributed by atoms with Crippen LogP contribution < -0.4 is 4.90 Å². The minimum atomic E-state index is -0.475. The average molecular weight is 373 g/mol. The van der Waals surface area contributed by atoms with Gasteiger partial charge in [0.1, 0.15) is 6.04 Å². The summed E-state index contributed by atoms with van der Waals surface area (Å²) < 4.78 is 5.33. The van der Waals surface area contributed by atoms with Crippen molar-refractivity contribution in [3.63, 3.8) is 0 Å². The van der Waals surface area contributed by atoms with Gasteiger partial charge in [-0.2, -0.15) is 0 Å². The largest absolute Gasteiger partial charge is 0.465 e. The first-order valence-electron chi connectivity index (χ1n) is 9.10. The molecule has 0 radical (unpaired) electrons. The van der Waals surface area contributed by atoms with Crippen LogP contribution in [0.2, 0.25) is 0 Å². The van der Waals surface area contributed by atoms with E-state index in [9.17, 15) is 4.79 Å². The van der Waals surface area contributed by atoms with Crippen molar-refractivity contribution in [2.24, 2.45) is 0 Å². The van der Waals surface area contributed by atoms with Crippen molar-refractivity contribution in [1.82, 2.24) is 4.90 Å². The van der Waals surface area contributed by atoms with Gasteiger partial charge in [0.15, 0.2) is 0 Å². The summed E-state index contributed by atoms with van der Waals surface area (Å²) in [6.45, 7) is 5.45. The molecular weight excluding hydrogens is 348 g/mol. The Kier molecular flexibility index (Phi) is 6.53. The van der Waals surface area contributed by atoms with E-state index >= 15 is 0 Å². The molecule has 1 aliphatic heterocycles. The lowest BCUT2D eigenvalue weighted by atomic mass is 10.0. The van der Waals surface area contributed by atoms with E-state index in [0.29, 0.717) is 6.61 Å². The quantitative estimate of drug-likeness (QED) is 0.571. The van der Waals surface area contributed by atoms with Gasteiger partial charge in [-0.15, -0.1) is 11.6 Å². The van der Waals surface area contributed by atoms with Gasteiger partial charge in [0.2, 0.25) is 0 Å². The number of ether oxygens (including phenoxy) is 1. The highest BCUT2D eigenvalue weighted by Gasteiger charge is 2.36. The predicted octanol–water partition coefficient (Wildman–Crippen LogP) is 3.72. The third kappa shape index (κ3) is 4.37. The molecule has 138 valence electrons. The minimum Gasteiger partial charge on any atom is -0.465 e. The SMILES string of the molecule is CCOC(=O)[C@H]([C@@H](Cl)c1ccccc1)N1CCN(c2ccccc2)CC1. The molecule has 2 aromatic rings. The highest BCUT2D eigenvalue weighted by Crippen LogP contribution is 2.30. The monoisotopic (exact) mass is 372 g/mol. The van der Waals surface area contributed by atoms with Crippen LogP contribution in [0.25, 0.3) is 0 Å². The molecule has 2 aromatic carbocycles. The van der Waals surface area contributed by atoms with E-state index in [4.69, 9.17) is 16.3 Å². The Labute approximate surface area is 160 Å². The minimum absolute atomic E-state index is 0.246. The smallest absolute Gasteiger partial charge is 0.325 e. The van der Waals surface area contributed by atoms with E-state index in [1.807, 2.05) is 55.5 Å². The Balaban J connectivity index is 1.73. The molecule has 0 aliphatic carbocycles. The first kappa shape index (κ1) is 18.7. The third-order valence-electron chi connectivity index (χ3n) is 4.75. The van der Waals surface area contributed by atoms with Crippen molar-refractivity contribution < 1.29 is 9.53 Å². The zero-order valence-electron chi connectivity index (χ0n) is 15.1. The number of benzene rings is 2. The number of rotatable bonds is 6. The molecule has 0 saturated carbocycles. The van der Waals surface area contributed by atoms with E-state index in [1.54, 1.807) is 0 Å². The van der Waals surface area contributed by atoms with E-state index in [2.05, 4.69) is 21.9 Å². The maximum atomic E-state index is 12.6. The number of piperazine rings is 1. The van der Waals surface area contributed by atoms with Gasteiger partial charge < -0.3 is 9.64 Å². The van der Waals surface area contributed by atoms with Crippen molar-refractivity contribution in [2.75, 3.05) is 37.7 Å². The van der Waals surface area contributed by atoms with Crippen molar-refractivity contribution >= 4 is 23.3 Å². The van der Waals surface area contributed by atoms with Crippen molar-refractivity contribution in [2.45, 2.75) is 18.3 Å². The van der Waals surface area contributed by atoms with Gasteiger partial charge in [0.25, 0.3) is 0 Å². The van der Waals surface area contributed by atoms with E-state index < -0.39 is 11.4 Å². The molecule has 1 saturated heterocycles. The number of esters is 1. The molecule has 0 spiro atoms. The van der Waals surface area contributed by atoms with Gasteiger partial charge in [-0.05, 0) is 24.6 Å². The summed E-state index contributed by atoms with van der Waals surface area (Å²) in [5.74, 6) is -0.246. The van der Waals surface area contributed by atoms with Gasteiger partial charge >= 0.3 is 5.97 Å². The second-order valence-corrected chi connectivity index (χ2v) is 6.84. The van der Waals surface area contributed by atoms with Crippen LogP contribution in [0.1, 0.15) is 17.9 Å². The van der Waals surface area contributed by atoms with Crippen LogP contribution in [0.3, 0.4) is 0 Å². The Hall–Kier alpha value is -2.04. The molecular formula is C21H25ClN2O2. The number of hydrogen-bond donors (Lipinski definition) is 0. The molecule has 3 rings (SSSR count). The molecule has 1 heterocycles. The Bertz CT molecular complexity index is 688. The highest BCUT2D eigenvalue weighted by atomic mass is 35.5. The van der Waals surface area contributed by atoms with Crippen LogP contribution >= 0.6 is 11.6 Å². The molecule has 5 heteroatoms. The Morgan fingerprint density at radius 1 is 1.00 bits per heavy atom. The summed E-state index contributed by atoms with van der Waals surface area (Å²) in [6, 6.07) is 19.6. The molecule has 1 fully saturated rings. The van der Waals surface area contributed by atoms with Gasteiger partial charge in [-0.25, -0.2) is 0 Å².